The molecule has 0 radical (unpaired) electrons. The molecule has 2 heteroatoms. The summed E-state index contributed by atoms with van der Waals surface area (Å²) >= 11 is 0. The molecule has 1 rings (SSSR count). The predicted octanol–water partition coefficient (Wildman–Crippen LogP) is 2.24. The zero-order valence-electron chi connectivity index (χ0n) is 10.3. The van der Waals surface area contributed by atoms with Crippen LogP contribution in [0.5, 0.6) is 0 Å². The van der Waals surface area contributed by atoms with Crippen LogP contribution in [0.3, 0.4) is 0 Å². The minimum atomic E-state index is 0.190. The lowest BCUT2D eigenvalue weighted by atomic mass is 9.77. The Kier molecular flexibility index (Phi) is 3.59. The Labute approximate surface area is 88.8 Å². The summed E-state index contributed by atoms with van der Waals surface area (Å²) in [6.45, 7) is 12.4. The summed E-state index contributed by atoms with van der Waals surface area (Å²) in [5.74, 6) is 0. The van der Waals surface area contributed by atoms with Crippen LogP contribution >= 0.6 is 0 Å². The molecule has 0 amide bonds. The molecule has 1 fully saturated rings. The average Bonchev–Trinajstić information content (AvgIpc) is 2.19. The van der Waals surface area contributed by atoms with E-state index in [-0.39, 0.29) is 5.54 Å². The van der Waals surface area contributed by atoms with E-state index in [0.717, 1.165) is 6.54 Å². The third kappa shape index (κ3) is 2.48. The third-order valence-corrected chi connectivity index (χ3v) is 4.18. The number of nitrogens with two attached hydrogens (primary N) is 1. The summed E-state index contributed by atoms with van der Waals surface area (Å²) < 4.78 is 0. The molecule has 1 heterocycles. The highest BCUT2D eigenvalue weighted by molar-refractivity contribution is 4.89. The SMILES string of the molecule is CCC1(C)CCN(C(C)(C)CN)CC1. The molecule has 1 aliphatic heterocycles. The van der Waals surface area contributed by atoms with E-state index in [1.165, 1.54) is 32.4 Å². The summed E-state index contributed by atoms with van der Waals surface area (Å²) in [6.07, 6.45) is 3.96. The fourth-order valence-electron chi connectivity index (χ4n) is 2.13. The van der Waals surface area contributed by atoms with E-state index in [1.54, 1.807) is 0 Å². The monoisotopic (exact) mass is 198 g/mol. The molecular weight excluding hydrogens is 172 g/mol. The van der Waals surface area contributed by atoms with E-state index in [0.29, 0.717) is 5.41 Å². The van der Waals surface area contributed by atoms with Gasteiger partial charge in [-0.2, -0.15) is 0 Å². The van der Waals surface area contributed by atoms with Crippen molar-refractivity contribution in [3.8, 4) is 0 Å². The number of rotatable bonds is 3. The van der Waals surface area contributed by atoms with Gasteiger partial charge in [0.1, 0.15) is 0 Å². The van der Waals surface area contributed by atoms with Gasteiger partial charge in [0.25, 0.3) is 0 Å². The molecule has 0 aliphatic carbocycles. The highest BCUT2D eigenvalue weighted by atomic mass is 15.2. The van der Waals surface area contributed by atoms with Crippen LogP contribution < -0.4 is 5.73 Å². The van der Waals surface area contributed by atoms with Crippen molar-refractivity contribution in [2.24, 2.45) is 11.1 Å². The third-order valence-electron chi connectivity index (χ3n) is 4.18. The average molecular weight is 198 g/mol. The van der Waals surface area contributed by atoms with E-state index >= 15 is 0 Å². The second-order valence-corrected chi connectivity index (χ2v) is 5.67. The lowest BCUT2D eigenvalue weighted by molar-refractivity contribution is 0.0442. The first kappa shape index (κ1) is 12.0. The van der Waals surface area contributed by atoms with Gasteiger partial charge in [0.05, 0.1) is 0 Å². The van der Waals surface area contributed by atoms with Crippen LogP contribution in [0.15, 0.2) is 0 Å². The summed E-state index contributed by atoms with van der Waals surface area (Å²) in [4.78, 5) is 2.55. The summed E-state index contributed by atoms with van der Waals surface area (Å²) in [5, 5.41) is 0. The van der Waals surface area contributed by atoms with Gasteiger partial charge in [-0.15, -0.1) is 0 Å². The van der Waals surface area contributed by atoms with Gasteiger partial charge in [-0.3, -0.25) is 4.90 Å². The first-order valence-corrected chi connectivity index (χ1v) is 5.89. The van der Waals surface area contributed by atoms with Crippen molar-refractivity contribution in [1.29, 1.82) is 0 Å². The molecule has 0 unspecified atom stereocenters. The van der Waals surface area contributed by atoms with E-state index in [4.69, 9.17) is 5.73 Å². The molecule has 0 aromatic rings. The topological polar surface area (TPSA) is 29.3 Å². The number of piperidine rings is 1. The molecule has 0 saturated carbocycles. The Morgan fingerprint density at radius 3 is 2.14 bits per heavy atom. The van der Waals surface area contributed by atoms with Gasteiger partial charge in [0.15, 0.2) is 0 Å². The normalized spacial score (nSPS) is 23.8. The van der Waals surface area contributed by atoms with E-state index in [9.17, 15) is 0 Å². The first-order chi connectivity index (χ1) is 6.43. The number of nitrogens with zero attached hydrogens (tertiary/aromatic N) is 1. The Hall–Kier alpha value is -0.0800. The van der Waals surface area contributed by atoms with Crippen molar-refractivity contribution in [3.63, 3.8) is 0 Å². The maximum Gasteiger partial charge on any atom is 0.0275 e. The number of hydrogen-bond acceptors (Lipinski definition) is 2. The lowest BCUT2D eigenvalue weighted by Gasteiger charge is -2.46. The van der Waals surface area contributed by atoms with Gasteiger partial charge in [0.2, 0.25) is 0 Å². The molecule has 14 heavy (non-hydrogen) atoms. The predicted molar refractivity (Wildman–Crippen MR) is 62.3 cm³/mol. The smallest absolute Gasteiger partial charge is 0.0275 e. The van der Waals surface area contributed by atoms with Crippen molar-refractivity contribution in [1.82, 2.24) is 4.90 Å². The van der Waals surface area contributed by atoms with Gasteiger partial charge in [-0.05, 0) is 45.2 Å². The maximum atomic E-state index is 5.80. The van der Waals surface area contributed by atoms with E-state index < -0.39 is 0 Å². The van der Waals surface area contributed by atoms with Crippen molar-refractivity contribution in [2.75, 3.05) is 19.6 Å². The molecule has 2 N–H and O–H groups in total. The van der Waals surface area contributed by atoms with E-state index in [2.05, 4.69) is 32.6 Å². The minimum Gasteiger partial charge on any atom is -0.329 e. The Bertz CT molecular complexity index is 179. The first-order valence-electron chi connectivity index (χ1n) is 5.89. The van der Waals surface area contributed by atoms with Crippen molar-refractivity contribution in [2.45, 2.75) is 52.5 Å². The van der Waals surface area contributed by atoms with Crippen LogP contribution in [-0.2, 0) is 0 Å². The molecule has 1 aliphatic rings. The maximum absolute atomic E-state index is 5.80. The Balaban J connectivity index is 2.51. The lowest BCUT2D eigenvalue weighted by Crippen LogP contribution is -2.53. The van der Waals surface area contributed by atoms with Crippen LogP contribution in [0.4, 0.5) is 0 Å². The zero-order chi connectivity index (χ0) is 10.8. The quantitative estimate of drug-likeness (QED) is 0.753. The van der Waals surface area contributed by atoms with Crippen LogP contribution in [-0.4, -0.2) is 30.1 Å². The Morgan fingerprint density at radius 1 is 1.29 bits per heavy atom. The molecule has 0 bridgehead atoms. The summed E-state index contributed by atoms with van der Waals surface area (Å²) in [7, 11) is 0. The number of hydrogen-bond donors (Lipinski definition) is 1. The highest BCUT2D eigenvalue weighted by Gasteiger charge is 2.33. The van der Waals surface area contributed by atoms with E-state index in [1.807, 2.05) is 0 Å². The zero-order valence-corrected chi connectivity index (χ0v) is 10.3. The molecular formula is C12H26N2. The fourth-order valence-corrected chi connectivity index (χ4v) is 2.13. The molecule has 0 aromatic carbocycles. The molecule has 0 atom stereocenters. The van der Waals surface area contributed by atoms with Gasteiger partial charge >= 0.3 is 0 Å². The molecule has 84 valence electrons. The molecule has 2 nitrogen and oxygen atoms in total. The second kappa shape index (κ2) is 4.19. The van der Waals surface area contributed by atoms with Gasteiger partial charge < -0.3 is 5.73 Å². The van der Waals surface area contributed by atoms with Crippen molar-refractivity contribution in [3.05, 3.63) is 0 Å². The standard InChI is InChI=1S/C12H26N2/c1-5-12(4)6-8-14(9-7-12)11(2,3)10-13/h5-10,13H2,1-4H3. The van der Waals surface area contributed by atoms with Gasteiger partial charge in [-0.1, -0.05) is 20.3 Å². The number of likely N-dealkylation sites (tertiary alicyclic amines) is 1. The van der Waals surface area contributed by atoms with Crippen LogP contribution in [0.1, 0.15) is 47.0 Å². The van der Waals surface area contributed by atoms with Crippen molar-refractivity contribution < 1.29 is 0 Å². The van der Waals surface area contributed by atoms with Gasteiger partial charge in [0, 0.05) is 12.1 Å². The summed E-state index contributed by atoms with van der Waals surface area (Å²) in [6, 6.07) is 0. The Morgan fingerprint density at radius 2 is 1.79 bits per heavy atom. The molecule has 1 saturated heterocycles. The largest absolute Gasteiger partial charge is 0.329 e. The van der Waals surface area contributed by atoms with Crippen LogP contribution in [0, 0.1) is 5.41 Å². The minimum absolute atomic E-state index is 0.190. The van der Waals surface area contributed by atoms with Gasteiger partial charge in [-0.25, -0.2) is 0 Å². The molecule has 0 aromatic heterocycles. The highest BCUT2D eigenvalue weighted by Crippen LogP contribution is 2.35. The van der Waals surface area contributed by atoms with Crippen molar-refractivity contribution >= 4 is 0 Å². The summed E-state index contributed by atoms with van der Waals surface area (Å²) in [5.41, 5.74) is 6.57. The second-order valence-electron chi connectivity index (χ2n) is 5.67. The van der Waals surface area contributed by atoms with Crippen LogP contribution in [0.2, 0.25) is 0 Å². The molecule has 0 spiro atoms. The fraction of sp³-hybridized carbons (Fsp3) is 1.00. The van der Waals surface area contributed by atoms with Crippen LogP contribution in [0.25, 0.3) is 0 Å².